The summed E-state index contributed by atoms with van der Waals surface area (Å²) in [6, 6.07) is 9.13. The molecule has 1 fully saturated rings. The molecule has 43 nitrogen and oxygen atoms in total. The van der Waals surface area contributed by atoms with Crippen LogP contribution in [0.3, 0.4) is 0 Å². The number of carbonyl (C=O) groups excluding carboxylic acids is 12. The van der Waals surface area contributed by atoms with Gasteiger partial charge in [0, 0.05) is 82.4 Å². The van der Waals surface area contributed by atoms with Crippen molar-refractivity contribution in [2.75, 3.05) is 148 Å². The van der Waals surface area contributed by atoms with E-state index in [1.807, 2.05) is 36.4 Å². The Hall–Kier alpha value is -10.2. The van der Waals surface area contributed by atoms with Gasteiger partial charge < -0.3 is 144 Å². The van der Waals surface area contributed by atoms with Crippen LogP contribution in [0, 0.1) is 21.6 Å². The summed E-state index contributed by atoms with van der Waals surface area (Å²) in [5, 5.41) is 84.7. The molecule has 4 rings (SSSR count). The fourth-order valence-electron chi connectivity index (χ4n) is 13.5. The number of nitrogens with two attached hydrogens (primary N) is 6. The third-order valence-corrected chi connectivity index (χ3v) is 26.9. The Labute approximate surface area is 809 Å². The number of amides is 12. The number of unbranched alkanes of at least 4 members (excludes halogenated alkanes) is 1. The van der Waals surface area contributed by atoms with Crippen molar-refractivity contribution in [3.63, 3.8) is 0 Å². The highest BCUT2D eigenvalue weighted by molar-refractivity contribution is 8.18. The lowest BCUT2D eigenvalue weighted by atomic mass is 9.99. The number of benzene rings is 3. The summed E-state index contributed by atoms with van der Waals surface area (Å²) in [6.45, 7) is 17.4. The van der Waals surface area contributed by atoms with E-state index in [4.69, 9.17) is 70.2 Å². The number of carbonyl (C=O) groups is 12. The van der Waals surface area contributed by atoms with Gasteiger partial charge in [-0.1, -0.05) is 72.8 Å². The molecule has 0 saturated carbocycles. The zero-order valence-corrected chi connectivity index (χ0v) is 81.9. The lowest BCUT2D eigenvalue weighted by Gasteiger charge is -2.28. The van der Waals surface area contributed by atoms with Gasteiger partial charge in [0.05, 0.1) is 28.0 Å². The van der Waals surface area contributed by atoms with Crippen molar-refractivity contribution in [2.24, 2.45) is 34.4 Å². The maximum absolute atomic E-state index is 15.3. The van der Waals surface area contributed by atoms with E-state index in [0.717, 1.165) is 107 Å². The summed E-state index contributed by atoms with van der Waals surface area (Å²) in [5.41, 5.74) is 34.8. The second kappa shape index (κ2) is 67.9. The Morgan fingerprint density at radius 1 is 0.363 bits per heavy atom. The molecular weight excluding hydrogens is 1820 g/mol. The number of fused-ring (bicyclic) bond motifs is 1. The first kappa shape index (κ1) is 117. The van der Waals surface area contributed by atoms with Gasteiger partial charge in [0.25, 0.3) is 0 Å². The zero-order chi connectivity index (χ0) is 99.2. The van der Waals surface area contributed by atoms with Gasteiger partial charge in [-0.3, -0.25) is 79.2 Å². The van der Waals surface area contributed by atoms with Crippen LogP contribution in [0.2, 0.25) is 0 Å². The summed E-state index contributed by atoms with van der Waals surface area (Å²) in [6.07, 6.45) is 3.71. The molecule has 0 aromatic heterocycles. The lowest BCUT2D eigenvalue weighted by Crippen LogP contribution is -2.60. The molecule has 1 heterocycles. The van der Waals surface area contributed by atoms with Crippen LogP contribution in [-0.4, -0.2) is 305 Å². The molecule has 0 aliphatic carbocycles. The molecule has 1 saturated heterocycles. The number of nitrogens with one attached hydrogen (secondary N) is 22. The quantitative estimate of drug-likeness (QED) is 0.0122. The molecule has 1 aliphatic rings. The van der Waals surface area contributed by atoms with Crippen LogP contribution < -0.4 is 130 Å². The van der Waals surface area contributed by atoms with Crippen LogP contribution in [0.25, 0.3) is 10.8 Å². The Morgan fingerprint density at radius 2 is 0.726 bits per heavy atom. The second-order valence-corrected chi connectivity index (χ2v) is 40.3. The zero-order valence-electron chi connectivity index (χ0n) is 78.6. The van der Waals surface area contributed by atoms with Crippen LogP contribution in [0.5, 0.6) is 0 Å². The average Bonchev–Trinajstić information content (AvgIpc) is 1.18. The molecular formula is C88H150N28O15S4. The molecule has 3 aromatic carbocycles. The number of hydrogen-bond donors (Lipinski definition) is 28. The Kier molecular flexibility index (Phi) is 58.9. The molecule has 12 amide bonds. The van der Waals surface area contributed by atoms with E-state index in [-0.39, 0.29) is 161 Å². The van der Waals surface area contributed by atoms with E-state index >= 15 is 19.2 Å². The highest BCUT2D eigenvalue weighted by atomic mass is 32.2. The van der Waals surface area contributed by atoms with E-state index in [1.54, 1.807) is 78.6 Å². The molecule has 9 atom stereocenters. The van der Waals surface area contributed by atoms with Crippen molar-refractivity contribution < 1.29 is 71.7 Å². The summed E-state index contributed by atoms with van der Waals surface area (Å²) >= 11 is 6.64. The normalized spacial score (nSPS) is 17.6. The largest absolute Gasteiger partial charge is 0.377 e. The van der Waals surface area contributed by atoms with Gasteiger partial charge in [0.2, 0.25) is 70.9 Å². The standard InChI is InChI=1S/C88H150N28O15S4/c1-6-129-54-72(118)108-69(74(89)120)57-135-88(4,5)133-50-45-102-38-19-36-100-34-13-12-33-99-35-18-37-101-39-20-49-132-87(2,3)134-56-70(75(90)121)109-73(119)55-131-48-47-130-46-44-103-71(117)32-31-66-80(126)115-67(52-58-21-8-7-9-22-58)82(128)116-68(53-59-29-30-60-23-10-11-24-61(60)51-59)81(127)113-65(28-17-43-107-86(97)98)78(124)111-63(26-15-41-105-84(93)94)76(122)110-62(25-14-40-104-83(91)92)77(123)112-64(79(125)114-66)27-16-42-106-85(95)96/h7-11,21-24,29-30,51,62-70,99-102H,6,12-20,25-28,31-50,52-57H2,1-5H3,(H2,89,120)(H2,90,121)(H,103,117)(H,108,118)(H,109,119)(H,110,122)(H,111,124)(H,112,123)(H,113,127)(H,114,125)(H,115,126)(H,116,128)(H4,91,92,104)(H4,93,94,105)(H4,95,96,106)(H4,97,98,107)/t62-,63+,64+,65-,66-,67+,68-,69-,70?/m0/s1. The summed E-state index contributed by atoms with van der Waals surface area (Å²) in [5.74, 6) is -8.33. The van der Waals surface area contributed by atoms with Crippen molar-refractivity contribution in [2.45, 2.75) is 206 Å². The minimum atomic E-state index is -1.65. The molecule has 3 aromatic rings. The fraction of sp³-hybridized carbons (Fsp3) is 0.636. The Morgan fingerprint density at radius 3 is 1.16 bits per heavy atom. The predicted octanol–water partition coefficient (Wildman–Crippen LogP) is -2.29. The minimum Gasteiger partial charge on any atom is -0.377 e. The second-order valence-electron chi connectivity index (χ2n) is 33.1. The maximum Gasteiger partial charge on any atom is 0.246 e. The van der Waals surface area contributed by atoms with E-state index in [2.05, 4.69) is 123 Å². The highest BCUT2D eigenvalue weighted by Gasteiger charge is 2.37. The Balaban J connectivity index is 1.34. The first-order valence-electron chi connectivity index (χ1n) is 46.1. The summed E-state index contributed by atoms with van der Waals surface area (Å²) in [4.78, 5) is 169. The molecule has 1 unspecified atom stereocenters. The fourth-order valence-corrected chi connectivity index (χ4v) is 18.2. The molecule has 1 aliphatic heterocycles. The number of thioether (sulfide) groups is 4. The average molecular weight is 1970 g/mol. The molecule has 47 heteroatoms. The van der Waals surface area contributed by atoms with E-state index in [0.29, 0.717) is 23.5 Å². The van der Waals surface area contributed by atoms with Crippen molar-refractivity contribution in [1.82, 2.24) is 95.7 Å². The number of rotatable bonds is 66. The summed E-state index contributed by atoms with van der Waals surface area (Å²) in [7, 11) is 0. The molecule has 0 bridgehead atoms. The molecule has 135 heavy (non-hydrogen) atoms. The first-order chi connectivity index (χ1) is 64.5. The van der Waals surface area contributed by atoms with Gasteiger partial charge in [-0.2, -0.15) is 0 Å². The monoisotopic (exact) mass is 1970 g/mol. The molecule has 756 valence electrons. The van der Waals surface area contributed by atoms with E-state index < -0.39 is 145 Å². The topological polar surface area (TPSA) is 701 Å². The van der Waals surface area contributed by atoms with Gasteiger partial charge in [-0.15, -0.1) is 47.0 Å². The van der Waals surface area contributed by atoms with Crippen LogP contribution in [-0.2, 0) is 84.6 Å². The predicted molar refractivity (Wildman–Crippen MR) is 533 cm³/mol. The number of ether oxygens (including phenoxy) is 3. The lowest BCUT2D eigenvalue weighted by molar-refractivity contribution is -0.135. The smallest absolute Gasteiger partial charge is 0.246 e. The van der Waals surface area contributed by atoms with Crippen molar-refractivity contribution >= 4 is 153 Å². The van der Waals surface area contributed by atoms with Crippen LogP contribution in [0.15, 0.2) is 72.8 Å². The Bertz CT molecular complexity index is 4170. The first-order valence-corrected chi connectivity index (χ1v) is 50.0. The van der Waals surface area contributed by atoms with Crippen molar-refractivity contribution in [3.8, 4) is 0 Å². The highest BCUT2D eigenvalue weighted by Crippen LogP contribution is 2.38. The third-order valence-electron chi connectivity index (χ3n) is 20.8. The summed E-state index contributed by atoms with van der Waals surface area (Å²) < 4.78 is 15.9. The van der Waals surface area contributed by atoms with Gasteiger partial charge in [-0.05, 0) is 198 Å². The van der Waals surface area contributed by atoms with Crippen LogP contribution >= 0.6 is 47.0 Å². The molecule has 34 N–H and O–H groups in total. The van der Waals surface area contributed by atoms with Gasteiger partial charge >= 0.3 is 0 Å². The SMILES string of the molecule is CCOCC(=O)N[C@@H](CSC(C)(C)SCCNCCCNCCCCNCCCNCCCSC(C)(C)SCC(NC(=O)COCCOCCNC(=O)CC[C@@H]1NC(=O)[C@@H](CCCNC(=N)N)NC(=O)[C@H](CCCNC(=N)N)NC(=O)[C@@H](CCCNC(=N)N)NC(=O)[C@H](CCCNC(=N)N)NC(=O)[C@H](Cc2ccc3ccccc3c2)NC(=O)[C@@H](Cc2ccccc2)NC1=O)C(N)=O)C(N)=O. The van der Waals surface area contributed by atoms with Gasteiger partial charge in [-0.25, -0.2) is 0 Å². The van der Waals surface area contributed by atoms with Crippen LogP contribution in [0.4, 0.5) is 0 Å². The third kappa shape index (κ3) is 54.3. The number of guanidine groups is 4. The van der Waals surface area contributed by atoms with E-state index in [1.165, 1.54) is 11.8 Å². The minimum absolute atomic E-state index is 0.0124. The van der Waals surface area contributed by atoms with Crippen molar-refractivity contribution in [3.05, 3.63) is 83.9 Å². The molecule has 0 radical (unpaired) electrons. The molecule has 0 spiro atoms. The van der Waals surface area contributed by atoms with Gasteiger partial charge in [0.1, 0.15) is 67.6 Å². The van der Waals surface area contributed by atoms with E-state index in [9.17, 15) is 38.4 Å². The number of primary amides is 2. The van der Waals surface area contributed by atoms with Crippen molar-refractivity contribution in [1.29, 1.82) is 21.6 Å². The van der Waals surface area contributed by atoms with Gasteiger partial charge in [0.15, 0.2) is 23.8 Å². The maximum atomic E-state index is 15.3. The number of hydrogen-bond acceptors (Lipinski definition) is 27. The van der Waals surface area contributed by atoms with Crippen LogP contribution in [0.1, 0.15) is 142 Å².